The summed E-state index contributed by atoms with van der Waals surface area (Å²) in [6.45, 7) is 12.8. The Labute approximate surface area is 272 Å². The molecular formula is C34H44O13. The molecule has 3 heterocycles. The van der Waals surface area contributed by atoms with E-state index in [0.29, 0.717) is 6.42 Å². The second-order valence-corrected chi connectivity index (χ2v) is 16.4. The quantitative estimate of drug-likeness (QED) is 0.249. The number of fused-ring (bicyclic) bond motifs is 9. The monoisotopic (exact) mass is 660 g/mol. The van der Waals surface area contributed by atoms with Gasteiger partial charge < -0.3 is 38.6 Å². The van der Waals surface area contributed by atoms with Crippen molar-refractivity contribution < 1.29 is 62.6 Å². The highest BCUT2D eigenvalue weighted by Crippen LogP contribution is 2.81. The van der Waals surface area contributed by atoms with Gasteiger partial charge in [-0.05, 0) is 44.4 Å². The molecule has 5 aliphatic carbocycles. The summed E-state index contributed by atoms with van der Waals surface area (Å²) >= 11 is 0. The van der Waals surface area contributed by atoms with E-state index < -0.39 is 129 Å². The topological polar surface area (TPSA) is 188 Å². The van der Waals surface area contributed by atoms with Gasteiger partial charge in [0, 0.05) is 55.3 Å². The Balaban J connectivity index is 1.36. The molecule has 13 nitrogen and oxygen atoms in total. The van der Waals surface area contributed by atoms with E-state index in [1.165, 1.54) is 27.7 Å². The van der Waals surface area contributed by atoms with E-state index in [-0.39, 0.29) is 18.4 Å². The fraction of sp³-hybridized carbons (Fsp3) is 0.853. The molecule has 0 aromatic rings. The Morgan fingerprint density at radius 2 is 1.51 bits per heavy atom. The summed E-state index contributed by atoms with van der Waals surface area (Å²) in [7, 11) is 0. The van der Waals surface area contributed by atoms with Crippen LogP contribution in [0.5, 0.6) is 0 Å². The van der Waals surface area contributed by atoms with Gasteiger partial charge in [-0.25, -0.2) is 4.79 Å². The number of epoxide rings is 2. The van der Waals surface area contributed by atoms with Crippen LogP contribution in [0.25, 0.3) is 0 Å². The van der Waals surface area contributed by atoms with Crippen molar-refractivity contribution in [2.24, 2.45) is 57.7 Å². The third kappa shape index (κ3) is 3.42. The first-order valence-electron chi connectivity index (χ1n) is 16.8. The number of carbonyl (C=O) groups is 5. The van der Waals surface area contributed by atoms with E-state index in [1.807, 2.05) is 20.8 Å². The molecule has 0 aromatic carbocycles. The number of Topliss-reactive ketones (excluding diaryl/α,β-unsaturated/α-hetero) is 1. The van der Waals surface area contributed by atoms with Crippen molar-refractivity contribution in [3.63, 3.8) is 0 Å². The van der Waals surface area contributed by atoms with Gasteiger partial charge in [0.1, 0.15) is 36.6 Å². The van der Waals surface area contributed by atoms with Gasteiger partial charge in [-0.3, -0.25) is 19.2 Å². The number of carbonyl (C=O) groups excluding carboxylic acids is 5. The molecule has 0 amide bonds. The lowest BCUT2D eigenvalue weighted by Crippen LogP contribution is -2.70. The molecule has 0 radical (unpaired) electrons. The third-order valence-corrected chi connectivity index (χ3v) is 14.7. The highest BCUT2D eigenvalue weighted by Gasteiger charge is 2.93. The largest absolute Gasteiger partial charge is 0.462 e. The van der Waals surface area contributed by atoms with Crippen molar-refractivity contribution in [1.82, 2.24) is 0 Å². The van der Waals surface area contributed by atoms with Gasteiger partial charge in [0.15, 0.2) is 11.4 Å². The van der Waals surface area contributed by atoms with Crippen LogP contribution in [-0.2, 0) is 52.4 Å². The average Bonchev–Trinajstić information content (AvgIpc) is 3.87. The number of hydrogen-bond donors (Lipinski definition) is 2. The van der Waals surface area contributed by atoms with Gasteiger partial charge in [-0.2, -0.15) is 0 Å². The normalized spacial score (nSPS) is 59.0. The Kier molecular flexibility index (Phi) is 6.15. The maximum atomic E-state index is 14.4. The Hall–Kier alpha value is -2.61. The molecule has 8 rings (SSSR count). The minimum Gasteiger partial charge on any atom is -0.462 e. The molecule has 1 spiro atoms. The molecule has 3 unspecified atom stereocenters. The minimum absolute atomic E-state index is 0.228. The number of ketones is 1. The van der Waals surface area contributed by atoms with Crippen molar-refractivity contribution in [2.45, 2.75) is 122 Å². The summed E-state index contributed by atoms with van der Waals surface area (Å²) in [4.78, 5) is 66.1. The van der Waals surface area contributed by atoms with E-state index >= 15 is 0 Å². The van der Waals surface area contributed by atoms with E-state index in [1.54, 1.807) is 6.92 Å². The molecule has 19 atom stereocenters. The number of ether oxygens (including phenoxy) is 6. The van der Waals surface area contributed by atoms with E-state index in [2.05, 4.69) is 0 Å². The van der Waals surface area contributed by atoms with Gasteiger partial charge in [0.25, 0.3) is 0 Å². The summed E-state index contributed by atoms with van der Waals surface area (Å²) in [6.07, 6.45) is -4.82. The van der Waals surface area contributed by atoms with Crippen LogP contribution >= 0.6 is 0 Å². The maximum Gasteiger partial charge on any atom is 0.341 e. The molecule has 0 aromatic heterocycles. The van der Waals surface area contributed by atoms with Gasteiger partial charge in [0.2, 0.25) is 5.79 Å². The predicted octanol–water partition coefficient (Wildman–Crippen LogP) is 1.08. The van der Waals surface area contributed by atoms with E-state index in [4.69, 9.17) is 28.4 Å². The fourth-order valence-electron chi connectivity index (χ4n) is 12.8. The number of aliphatic hydroxyl groups excluding tert-OH is 1. The van der Waals surface area contributed by atoms with Crippen LogP contribution in [0.3, 0.4) is 0 Å². The fourth-order valence-corrected chi connectivity index (χ4v) is 12.8. The second kappa shape index (κ2) is 9.13. The zero-order chi connectivity index (χ0) is 34.1. The van der Waals surface area contributed by atoms with Crippen LogP contribution in [0.15, 0.2) is 0 Å². The van der Waals surface area contributed by atoms with Gasteiger partial charge in [-0.15, -0.1) is 0 Å². The van der Waals surface area contributed by atoms with Crippen LogP contribution < -0.4 is 0 Å². The summed E-state index contributed by atoms with van der Waals surface area (Å²) in [5, 5.41) is 24.1. The van der Waals surface area contributed by atoms with Crippen LogP contribution in [0.1, 0.15) is 68.2 Å². The summed E-state index contributed by atoms with van der Waals surface area (Å²) in [5.41, 5.74) is -5.53. The minimum atomic E-state index is -2.05. The molecule has 3 saturated heterocycles. The van der Waals surface area contributed by atoms with Crippen LogP contribution in [-0.4, -0.2) is 94.0 Å². The first-order valence-corrected chi connectivity index (χ1v) is 16.8. The van der Waals surface area contributed by atoms with Crippen LogP contribution in [0.2, 0.25) is 0 Å². The Bertz CT molecular complexity index is 1510. The highest BCUT2D eigenvalue weighted by atomic mass is 16.8. The summed E-state index contributed by atoms with van der Waals surface area (Å²) < 4.78 is 36.4. The number of aliphatic hydroxyl groups is 2. The highest BCUT2D eigenvalue weighted by molar-refractivity contribution is 5.88. The standard InChI is InChI=1S/C34H44O13/c1-11-20-22(32(7)33(8,41)29(40)47-34(32)27(11)46-34)26(43-13(3)36)21-19-15(10-18(31(20,21)6)42-12(2)35)30(5)16(23(38)24(19)39)9-17-25(45-17)28(30)44-14(4)37/h11,15-22,24-28,39,41H,9-10H2,1-8H3/t11-,15?,16+,17-,18-,19?,20?,21+,22-,24+,25-,26+,27+,28-,30+,31+,32-,33+,34-/m0/s1. The predicted molar refractivity (Wildman–Crippen MR) is 154 cm³/mol. The number of rotatable bonds is 3. The summed E-state index contributed by atoms with van der Waals surface area (Å²) in [6, 6.07) is 0. The Morgan fingerprint density at radius 3 is 2.13 bits per heavy atom. The lowest BCUT2D eigenvalue weighted by atomic mass is 9.41. The molecule has 13 heteroatoms. The molecule has 47 heavy (non-hydrogen) atoms. The molecule has 258 valence electrons. The van der Waals surface area contributed by atoms with Crippen LogP contribution in [0, 0.1) is 57.7 Å². The molecule has 0 bridgehead atoms. The Morgan fingerprint density at radius 1 is 0.872 bits per heavy atom. The lowest BCUT2D eigenvalue weighted by molar-refractivity contribution is -0.235. The van der Waals surface area contributed by atoms with Crippen molar-refractivity contribution in [3.8, 4) is 0 Å². The lowest BCUT2D eigenvalue weighted by Gasteiger charge is -2.63. The third-order valence-electron chi connectivity index (χ3n) is 14.7. The molecule has 2 N–H and O–H groups in total. The number of hydrogen-bond acceptors (Lipinski definition) is 13. The van der Waals surface area contributed by atoms with E-state index in [0.717, 1.165) is 0 Å². The first-order chi connectivity index (χ1) is 21.8. The maximum absolute atomic E-state index is 14.4. The van der Waals surface area contributed by atoms with E-state index in [9.17, 15) is 34.2 Å². The van der Waals surface area contributed by atoms with Crippen molar-refractivity contribution in [1.29, 1.82) is 0 Å². The molecule has 8 fully saturated rings. The molecular weight excluding hydrogens is 616 g/mol. The van der Waals surface area contributed by atoms with Gasteiger partial charge in [-0.1, -0.05) is 20.8 Å². The molecule has 3 aliphatic heterocycles. The SMILES string of the molecule is CC(=O)O[C@@H]1[C@H]2C3C(C[C@H](OC(C)=O)[C@]2(C)C2[C@H](C)[C@H]4O[C@]45OC(=O)[C@@](C)(O)[C@]5(C)[C@@H]21)[C@]1(C)[C@H](C[C@@H]2O[C@@H]2[C@@H]1OC(C)=O)C(=O)[C@@H]3O. The second-order valence-electron chi connectivity index (χ2n) is 16.4. The number of esters is 4. The smallest absolute Gasteiger partial charge is 0.341 e. The van der Waals surface area contributed by atoms with Gasteiger partial charge >= 0.3 is 23.9 Å². The van der Waals surface area contributed by atoms with Crippen molar-refractivity contribution in [3.05, 3.63) is 0 Å². The van der Waals surface area contributed by atoms with Gasteiger partial charge in [0.05, 0.1) is 11.5 Å². The van der Waals surface area contributed by atoms with Crippen LogP contribution in [0.4, 0.5) is 0 Å². The zero-order valence-corrected chi connectivity index (χ0v) is 27.9. The average molecular weight is 661 g/mol. The first kappa shape index (κ1) is 31.6. The molecule has 5 saturated carbocycles. The van der Waals surface area contributed by atoms with Crippen molar-refractivity contribution >= 4 is 29.7 Å². The molecule has 8 aliphatic rings. The zero-order valence-electron chi connectivity index (χ0n) is 27.9. The van der Waals surface area contributed by atoms with Crippen molar-refractivity contribution in [2.75, 3.05) is 0 Å². The summed E-state index contributed by atoms with van der Waals surface area (Å²) in [5.74, 6) is -8.81.